The van der Waals surface area contributed by atoms with Gasteiger partial charge in [-0.05, 0) is 60.8 Å². The van der Waals surface area contributed by atoms with Gasteiger partial charge in [-0.25, -0.2) is 4.98 Å². The van der Waals surface area contributed by atoms with Crippen molar-refractivity contribution in [2.24, 2.45) is 11.7 Å². The molecule has 0 radical (unpaired) electrons. The molecular weight excluding hydrogens is 454 g/mol. The molecule has 4 nitrogen and oxygen atoms in total. The van der Waals surface area contributed by atoms with Crippen LogP contribution in [0.15, 0.2) is 72.8 Å². The standard InChI is InChI=1S/C30H34ClN3O/c1-21(30(20-32)17-8-13-26-25(30)14-15-28(31)33-26)29(35)34-18-16-24(22-9-4-2-5-10-22)19-27(34)23-11-6-3-7-12-23/h2-7,9-12,14-15,21,24,27H,8,13,16-20,32H2,1H3. The molecule has 1 amide bonds. The number of benzene rings is 2. The van der Waals surface area contributed by atoms with Crippen LogP contribution in [0.1, 0.15) is 67.0 Å². The lowest BCUT2D eigenvalue weighted by atomic mass is 9.63. The molecule has 182 valence electrons. The summed E-state index contributed by atoms with van der Waals surface area (Å²) < 4.78 is 0. The van der Waals surface area contributed by atoms with E-state index >= 15 is 0 Å². The first-order chi connectivity index (χ1) is 17.0. The van der Waals surface area contributed by atoms with E-state index in [0.717, 1.165) is 49.9 Å². The summed E-state index contributed by atoms with van der Waals surface area (Å²) in [6.45, 7) is 3.24. The summed E-state index contributed by atoms with van der Waals surface area (Å²) >= 11 is 6.21. The highest BCUT2D eigenvalue weighted by Gasteiger charge is 2.47. The zero-order valence-corrected chi connectivity index (χ0v) is 21.1. The maximum Gasteiger partial charge on any atom is 0.226 e. The van der Waals surface area contributed by atoms with Gasteiger partial charge in [0.25, 0.3) is 0 Å². The first kappa shape index (κ1) is 24.0. The van der Waals surface area contributed by atoms with Crippen LogP contribution in [-0.4, -0.2) is 28.9 Å². The molecule has 2 aromatic carbocycles. The lowest BCUT2D eigenvalue weighted by molar-refractivity contribution is -0.142. The van der Waals surface area contributed by atoms with E-state index < -0.39 is 5.41 Å². The Kier molecular flexibility index (Phi) is 6.95. The van der Waals surface area contributed by atoms with Crippen molar-refractivity contribution in [1.29, 1.82) is 0 Å². The number of aromatic nitrogens is 1. The first-order valence-electron chi connectivity index (χ1n) is 12.8. The molecule has 1 saturated heterocycles. The summed E-state index contributed by atoms with van der Waals surface area (Å²) in [5, 5.41) is 0.502. The Morgan fingerprint density at radius 3 is 2.46 bits per heavy atom. The number of fused-ring (bicyclic) bond motifs is 1. The molecule has 0 spiro atoms. The van der Waals surface area contributed by atoms with Gasteiger partial charge in [-0.15, -0.1) is 0 Å². The molecule has 4 atom stereocenters. The molecule has 35 heavy (non-hydrogen) atoms. The molecule has 5 heteroatoms. The summed E-state index contributed by atoms with van der Waals surface area (Å²) in [7, 11) is 0. The van der Waals surface area contributed by atoms with Gasteiger partial charge >= 0.3 is 0 Å². The number of halogens is 1. The number of carbonyl (C=O) groups is 1. The molecule has 2 heterocycles. The number of amides is 1. The third-order valence-corrected chi connectivity index (χ3v) is 8.63. The van der Waals surface area contributed by atoms with Crippen molar-refractivity contribution in [2.75, 3.05) is 13.1 Å². The zero-order valence-electron chi connectivity index (χ0n) is 20.4. The molecule has 5 rings (SSSR count). The predicted octanol–water partition coefficient (Wildman–Crippen LogP) is 6.05. The van der Waals surface area contributed by atoms with E-state index in [0.29, 0.717) is 17.6 Å². The van der Waals surface area contributed by atoms with Gasteiger partial charge in [0.05, 0.1) is 6.04 Å². The van der Waals surface area contributed by atoms with E-state index in [4.69, 9.17) is 17.3 Å². The summed E-state index contributed by atoms with van der Waals surface area (Å²) in [5.74, 6) is 0.388. The maximum absolute atomic E-state index is 14.3. The number of likely N-dealkylation sites (tertiary alicyclic amines) is 1. The van der Waals surface area contributed by atoms with Gasteiger partial charge < -0.3 is 10.6 Å². The fourth-order valence-electron chi connectivity index (χ4n) is 6.40. The Hall–Kier alpha value is -2.69. The fourth-order valence-corrected chi connectivity index (χ4v) is 6.56. The summed E-state index contributed by atoms with van der Waals surface area (Å²) in [4.78, 5) is 21.0. The van der Waals surface area contributed by atoms with Gasteiger partial charge in [0, 0.05) is 30.1 Å². The SMILES string of the molecule is CC(C(=O)N1CCC(c2ccccc2)CC1c1ccccc1)C1(CN)CCCc2nc(Cl)ccc21. The van der Waals surface area contributed by atoms with Crippen molar-refractivity contribution in [2.45, 2.75) is 56.4 Å². The van der Waals surface area contributed by atoms with Crippen molar-refractivity contribution in [3.63, 3.8) is 0 Å². The van der Waals surface area contributed by atoms with Crippen LogP contribution in [0, 0.1) is 5.92 Å². The minimum Gasteiger partial charge on any atom is -0.335 e. The summed E-state index contributed by atoms with van der Waals surface area (Å²) in [5.41, 5.74) is 10.7. The normalized spacial score (nSPS) is 25.1. The van der Waals surface area contributed by atoms with Crippen molar-refractivity contribution >= 4 is 17.5 Å². The van der Waals surface area contributed by atoms with Crippen LogP contribution >= 0.6 is 11.6 Å². The smallest absolute Gasteiger partial charge is 0.226 e. The average Bonchev–Trinajstić information content (AvgIpc) is 2.92. The van der Waals surface area contributed by atoms with Crippen LogP contribution < -0.4 is 5.73 Å². The van der Waals surface area contributed by atoms with Gasteiger partial charge in [-0.1, -0.05) is 85.3 Å². The van der Waals surface area contributed by atoms with E-state index in [1.807, 2.05) is 12.1 Å². The van der Waals surface area contributed by atoms with Crippen molar-refractivity contribution in [3.05, 3.63) is 100 Å². The molecule has 1 aliphatic heterocycles. The zero-order chi connectivity index (χ0) is 24.4. The number of rotatable bonds is 5. The molecule has 1 aliphatic carbocycles. The van der Waals surface area contributed by atoms with Gasteiger partial charge in [-0.2, -0.15) is 0 Å². The summed E-state index contributed by atoms with van der Waals surface area (Å²) in [6.07, 6.45) is 4.63. The third-order valence-electron chi connectivity index (χ3n) is 8.42. The molecular formula is C30H34ClN3O. The van der Waals surface area contributed by atoms with Gasteiger partial charge in [0.1, 0.15) is 5.15 Å². The molecule has 2 N–H and O–H groups in total. The molecule has 1 fully saturated rings. The quantitative estimate of drug-likeness (QED) is 0.445. The molecule has 1 aromatic heterocycles. The minimum atomic E-state index is -0.417. The highest BCUT2D eigenvalue weighted by molar-refractivity contribution is 6.29. The Bertz CT molecular complexity index is 1170. The maximum atomic E-state index is 14.3. The third kappa shape index (κ3) is 4.50. The lowest BCUT2D eigenvalue weighted by Crippen LogP contribution is -2.52. The average molecular weight is 488 g/mol. The van der Waals surface area contributed by atoms with Gasteiger partial charge in [0.2, 0.25) is 5.91 Å². The Labute approximate surface area is 213 Å². The largest absolute Gasteiger partial charge is 0.335 e. The van der Waals surface area contributed by atoms with Crippen LogP contribution in [0.4, 0.5) is 0 Å². The number of piperidine rings is 1. The lowest BCUT2D eigenvalue weighted by Gasteiger charge is -2.46. The number of aryl methyl sites for hydroxylation is 1. The summed E-state index contributed by atoms with van der Waals surface area (Å²) in [6, 6.07) is 25.1. The predicted molar refractivity (Wildman–Crippen MR) is 141 cm³/mol. The Balaban J connectivity index is 1.48. The second-order valence-electron chi connectivity index (χ2n) is 10.2. The van der Waals surface area contributed by atoms with Crippen LogP contribution in [0.3, 0.4) is 0 Å². The topological polar surface area (TPSA) is 59.2 Å². The van der Waals surface area contributed by atoms with Crippen LogP contribution in [0.5, 0.6) is 0 Å². The van der Waals surface area contributed by atoms with Crippen LogP contribution in [0.25, 0.3) is 0 Å². The van der Waals surface area contributed by atoms with Gasteiger partial charge in [0.15, 0.2) is 0 Å². The highest BCUT2D eigenvalue weighted by atomic mass is 35.5. The van der Waals surface area contributed by atoms with E-state index in [1.165, 1.54) is 11.1 Å². The van der Waals surface area contributed by atoms with E-state index in [-0.39, 0.29) is 17.9 Å². The number of hydrogen-bond acceptors (Lipinski definition) is 3. The van der Waals surface area contributed by atoms with Gasteiger partial charge in [-0.3, -0.25) is 4.79 Å². The molecule has 4 unspecified atom stereocenters. The Morgan fingerprint density at radius 1 is 1.09 bits per heavy atom. The van der Waals surface area contributed by atoms with Crippen molar-refractivity contribution < 1.29 is 4.79 Å². The Morgan fingerprint density at radius 2 is 1.77 bits per heavy atom. The monoisotopic (exact) mass is 487 g/mol. The van der Waals surface area contributed by atoms with Crippen molar-refractivity contribution in [1.82, 2.24) is 9.88 Å². The number of hydrogen-bond donors (Lipinski definition) is 1. The van der Waals surface area contributed by atoms with E-state index in [2.05, 4.69) is 77.5 Å². The number of nitrogens with two attached hydrogens (primary N) is 1. The second kappa shape index (κ2) is 10.1. The minimum absolute atomic E-state index is 0.0475. The second-order valence-corrected chi connectivity index (χ2v) is 10.5. The van der Waals surface area contributed by atoms with Crippen LogP contribution in [-0.2, 0) is 16.6 Å². The fraction of sp³-hybridized carbons (Fsp3) is 0.400. The molecule has 0 saturated carbocycles. The molecule has 2 aliphatic rings. The van der Waals surface area contributed by atoms with Crippen molar-refractivity contribution in [3.8, 4) is 0 Å². The number of nitrogens with zero attached hydrogens (tertiary/aromatic N) is 2. The number of carbonyl (C=O) groups excluding carboxylic acids is 1. The molecule has 3 aromatic rings. The highest BCUT2D eigenvalue weighted by Crippen LogP contribution is 2.46. The number of pyridine rings is 1. The van der Waals surface area contributed by atoms with E-state index in [9.17, 15) is 4.79 Å². The molecule has 0 bridgehead atoms. The first-order valence-corrected chi connectivity index (χ1v) is 13.2. The van der Waals surface area contributed by atoms with Crippen LogP contribution in [0.2, 0.25) is 5.15 Å². The van der Waals surface area contributed by atoms with E-state index in [1.54, 1.807) is 0 Å².